The molecule has 0 radical (unpaired) electrons. The van der Waals surface area contributed by atoms with Crippen LogP contribution in [-0.2, 0) is 6.42 Å². The van der Waals surface area contributed by atoms with E-state index in [1.165, 1.54) is 20.3 Å². The highest BCUT2D eigenvalue weighted by Gasteiger charge is 2.18. The van der Waals surface area contributed by atoms with Crippen molar-refractivity contribution in [1.82, 2.24) is 4.98 Å². The Bertz CT molecular complexity index is 672. The second kappa shape index (κ2) is 6.41. The smallest absolute Gasteiger partial charge is 0.0906 e. The molecule has 3 aromatic heterocycles. The van der Waals surface area contributed by atoms with Crippen molar-refractivity contribution < 1.29 is 0 Å². The summed E-state index contributed by atoms with van der Waals surface area (Å²) in [7, 11) is 4.19. The third-order valence-corrected chi connectivity index (χ3v) is 5.83. The van der Waals surface area contributed by atoms with Crippen molar-refractivity contribution in [2.45, 2.75) is 12.3 Å². The first-order valence-electron chi connectivity index (χ1n) is 6.93. The predicted octanol–water partition coefficient (Wildman–Crippen LogP) is 4.65. The third kappa shape index (κ3) is 3.34. The Morgan fingerprint density at radius 2 is 1.86 bits per heavy atom. The van der Waals surface area contributed by atoms with Gasteiger partial charge in [-0.25, -0.2) is 0 Å². The van der Waals surface area contributed by atoms with Crippen LogP contribution < -0.4 is 4.90 Å². The van der Waals surface area contributed by atoms with Gasteiger partial charge in [0, 0.05) is 42.2 Å². The fraction of sp³-hybridized carbons (Fsp3) is 0.235. The lowest BCUT2D eigenvalue weighted by Crippen LogP contribution is -2.06. The maximum Gasteiger partial charge on any atom is 0.0906 e. The lowest BCUT2D eigenvalue weighted by Gasteiger charge is -2.14. The summed E-state index contributed by atoms with van der Waals surface area (Å²) >= 11 is 3.72. The van der Waals surface area contributed by atoms with Crippen molar-refractivity contribution in [3.05, 3.63) is 69.5 Å². The van der Waals surface area contributed by atoms with Crippen LogP contribution in [-0.4, -0.2) is 19.1 Å². The molecule has 0 amide bonds. The van der Waals surface area contributed by atoms with Crippen LogP contribution in [0, 0.1) is 0 Å². The van der Waals surface area contributed by atoms with Gasteiger partial charge in [-0.2, -0.15) is 0 Å². The first-order chi connectivity index (χ1) is 10.2. The third-order valence-electron chi connectivity index (χ3n) is 3.47. The molecule has 3 aromatic rings. The number of hydrogen-bond donors (Lipinski definition) is 0. The minimum atomic E-state index is 0.436. The molecule has 0 aliphatic rings. The van der Waals surface area contributed by atoms with Crippen molar-refractivity contribution in [3.63, 3.8) is 0 Å². The van der Waals surface area contributed by atoms with E-state index in [0.29, 0.717) is 5.92 Å². The molecule has 108 valence electrons. The van der Waals surface area contributed by atoms with Crippen LogP contribution in [0.25, 0.3) is 0 Å². The molecule has 2 nitrogen and oxygen atoms in total. The molecule has 0 aromatic carbocycles. The monoisotopic (exact) mass is 314 g/mol. The Morgan fingerprint density at radius 3 is 2.48 bits per heavy atom. The quantitative estimate of drug-likeness (QED) is 0.682. The minimum absolute atomic E-state index is 0.436. The standard InChI is InChI=1S/C17H18N2S2/c1-19(2)17-6-5-16(21-17)14(15-4-3-11-20-15)12-13-7-9-18-10-8-13/h3-11,14H,12H2,1-2H3. The molecule has 0 fully saturated rings. The number of nitrogens with zero attached hydrogens (tertiary/aromatic N) is 2. The summed E-state index contributed by atoms with van der Waals surface area (Å²) in [5, 5.41) is 3.47. The summed E-state index contributed by atoms with van der Waals surface area (Å²) < 4.78 is 0. The van der Waals surface area contributed by atoms with Gasteiger partial charge < -0.3 is 4.90 Å². The van der Waals surface area contributed by atoms with Crippen molar-refractivity contribution in [1.29, 1.82) is 0 Å². The van der Waals surface area contributed by atoms with Gasteiger partial charge in [-0.15, -0.1) is 22.7 Å². The summed E-state index contributed by atoms with van der Waals surface area (Å²) in [6.45, 7) is 0. The number of anilines is 1. The van der Waals surface area contributed by atoms with E-state index in [4.69, 9.17) is 0 Å². The number of hydrogen-bond acceptors (Lipinski definition) is 4. The first kappa shape index (κ1) is 14.3. The second-order valence-corrected chi connectivity index (χ2v) is 7.27. The van der Waals surface area contributed by atoms with Gasteiger partial charge in [0.25, 0.3) is 0 Å². The molecule has 0 aliphatic carbocycles. The lowest BCUT2D eigenvalue weighted by molar-refractivity contribution is 0.837. The molecular weight excluding hydrogens is 296 g/mol. The van der Waals surface area contributed by atoms with Crippen LogP contribution >= 0.6 is 22.7 Å². The average Bonchev–Trinajstić information content (AvgIpc) is 3.17. The van der Waals surface area contributed by atoms with Gasteiger partial charge in [0.1, 0.15) is 0 Å². The molecule has 0 saturated heterocycles. The maximum atomic E-state index is 4.11. The number of thiophene rings is 2. The Balaban J connectivity index is 1.92. The summed E-state index contributed by atoms with van der Waals surface area (Å²) in [5.74, 6) is 0.436. The fourth-order valence-electron chi connectivity index (χ4n) is 2.36. The van der Waals surface area contributed by atoms with Gasteiger partial charge >= 0.3 is 0 Å². The zero-order valence-corrected chi connectivity index (χ0v) is 13.8. The molecule has 0 saturated carbocycles. The largest absolute Gasteiger partial charge is 0.370 e. The normalized spacial score (nSPS) is 12.3. The van der Waals surface area contributed by atoms with E-state index in [2.05, 4.69) is 65.8 Å². The molecule has 0 spiro atoms. The molecule has 0 bridgehead atoms. The Morgan fingerprint density at radius 1 is 1.05 bits per heavy atom. The molecular formula is C17H18N2S2. The number of rotatable bonds is 5. The van der Waals surface area contributed by atoms with E-state index >= 15 is 0 Å². The Hall–Kier alpha value is -1.65. The molecule has 3 rings (SSSR count). The minimum Gasteiger partial charge on any atom is -0.370 e. The second-order valence-electron chi connectivity index (χ2n) is 5.20. The van der Waals surface area contributed by atoms with Crippen molar-refractivity contribution in [2.75, 3.05) is 19.0 Å². The number of pyridine rings is 1. The van der Waals surface area contributed by atoms with Gasteiger partial charge in [0.05, 0.1) is 5.00 Å². The molecule has 21 heavy (non-hydrogen) atoms. The zero-order chi connectivity index (χ0) is 14.7. The molecule has 0 N–H and O–H groups in total. The topological polar surface area (TPSA) is 16.1 Å². The van der Waals surface area contributed by atoms with Crippen LogP contribution in [0.3, 0.4) is 0 Å². The highest BCUT2D eigenvalue weighted by molar-refractivity contribution is 7.16. The summed E-state index contributed by atoms with van der Waals surface area (Å²) in [4.78, 5) is 9.14. The van der Waals surface area contributed by atoms with Gasteiger partial charge in [-0.05, 0) is 47.7 Å². The molecule has 3 heterocycles. The molecule has 1 atom stereocenters. The molecule has 4 heteroatoms. The molecule has 1 unspecified atom stereocenters. The Kier molecular flexibility index (Phi) is 4.36. The summed E-state index contributed by atoms with van der Waals surface area (Å²) in [6.07, 6.45) is 4.78. The highest BCUT2D eigenvalue weighted by Crippen LogP contribution is 2.37. The zero-order valence-electron chi connectivity index (χ0n) is 12.2. The van der Waals surface area contributed by atoms with Crippen LogP contribution in [0.5, 0.6) is 0 Å². The van der Waals surface area contributed by atoms with Crippen molar-refractivity contribution in [2.24, 2.45) is 0 Å². The van der Waals surface area contributed by atoms with E-state index in [9.17, 15) is 0 Å². The van der Waals surface area contributed by atoms with E-state index in [1.54, 1.807) is 0 Å². The van der Waals surface area contributed by atoms with E-state index in [0.717, 1.165) is 6.42 Å². The first-order valence-corrected chi connectivity index (χ1v) is 8.63. The van der Waals surface area contributed by atoms with Crippen LogP contribution in [0.1, 0.15) is 21.2 Å². The van der Waals surface area contributed by atoms with Gasteiger partial charge in [0.15, 0.2) is 0 Å². The van der Waals surface area contributed by atoms with E-state index in [1.807, 2.05) is 35.1 Å². The van der Waals surface area contributed by atoms with E-state index < -0.39 is 0 Å². The number of aromatic nitrogens is 1. The van der Waals surface area contributed by atoms with Crippen LogP contribution in [0.2, 0.25) is 0 Å². The predicted molar refractivity (Wildman–Crippen MR) is 92.7 cm³/mol. The lowest BCUT2D eigenvalue weighted by atomic mass is 9.97. The van der Waals surface area contributed by atoms with Crippen LogP contribution in [0.4, 0.5) is 5.00 Å². The van der Waals surface area contributed by atoms with Gasteiger partial charge in [-0.3, -0.25) is 4.98 Å². The molecule has 0 aliphatic heterocycles. The van der Waals surface area contributed by atoms with Crippen molar-refractivity contribution >= 4 is 27.7 Å². The van der Waals surface area contributed by atoms with Gasteiger partial charge in [0.2, 0.25) is 0 Å². The van der Waals surface area contributed by atoms with Gasteiger partial charge in [-0.1, -0.05) is 6.07 Å². The summed E-state index contributed by atoms with van der Waals surface area (Å²) in [5.41, 5.74) is 1.34. The fourth-order valence-corrected chi connectivity index (χ4v) is 4.32. The average molecular weight is 314 g/mol. The highest BCUT2D eigenvalue weighted by atomic mass is 32.1. The SMILES string of the molecule is CN(C)c1ccc(C(Cc2ccncc2)c2cccs2)s1. The summed E-state index contributed by atoms with van der Waals surface area (Å²) in [6, 6.07) is 13.1. The van der Waals surface area contributed by atoms with E-state index in [-0.39, 0.29) is 0 Å². The Labute approximate surface area is 133 Å². The van der Waals surface area contributed by atoms with Crippen molar-refractivity contribution in [3.8, 4) is 0 Å². The van der Waals surface area contributed by atoms with Crippen LogP contribution in [0.15, 0.2) is 54.2 Å². The maximum absolute atomic E-state index is 4.11.